The summed E-state index contributed by atoms with van der Waals surface area (Å²) in [6.45, 7) is 1.13. The highest BCUT2D eigenvalue weighted by Gasteiger charge is 2.24. The quantitative estimate of drug-likeness (QED) is 0.481. The van der Waals surface area contributed by atoms with Crippen molar-refractivity contribution in [2.24, 2.45) is 0 Å². The van der Waals surface area contributed by atoms with Crippen LogP contribution in [0.1, 0.15) is 12.8 Å². The van der Waals surface area contributed by atoms with Crippen LogP contribution in [0.3, 0.4) is 0 Å². The van der Waals surface area contributed by atoms with Gasteiger partial charge in [-0.1, -0.05) is 0 Å². The Labute approximate surface area is 108 Å². The van der Waals surface area contributed by atoms with Crippen LogP contribution in [0.5, 0.6) is 0 Å². The smallest absolute Gasteiger partial charge is 0.353 e. The molecule has 0 aliphatic carbocycles. The maximum Gasteiger partial charge on any atom is 0.353 e. The van der Waals surface area contributed by atoms with Gasteiger partial charge in [-0.05, 0) is 24.4 Å². The molecular weight excluding hydrogens is 262 g/mol. The van der Waals surface area contributed by atoms with Crippen LogP contribution < -0.4 is 11.1 Å². The molecule has 3 N–H and O–H groups in total. The van der Waals surface area contributed by atoms with Crippen LogP contribution in [-0.2, 0) is 4.74 Å². The van der Waals surface area contributed by atoms with E-state index in [9.17, 15) is 10.1 Å². The van der Waals surface area contributed by atoms with Gasteiger partial charge < -0.3 is 15.8 Å². The Hall–Kier alpha value is -1.67. The van der Waals surface area contributed by atoms with Crippen LogP contribution in [0, 0.1) is 10.1 Å². The van der Waals surface area contributed by atoms with E-state index in [-0.39, 0.29) is 28.7 Å². The Bertz CT molecular complexity index is 464. The fourth-order valence-electron chi connectivity index (χ4n) is 1.76. The maximum atomic E-state index is 10.9. The predicted molar refractivity (Wildman–Crippen MR) is 65.6 cm³/mol. The summed E-state index contributed by atoms with van der Waals surface area (Å²) in [5.74, 6) is -0.233. The van der Waals surface area contributed by atoms with Crippen molar-refractivity contribution in [3.8, 4) is 0 Å². The highest BCUT2D eigenvalue weighted by molar-refractivity contribution is 6.28. The van der Waals surface area contributed by atoms with Crippen LogP contribution in [-0.4, -0.2) is 34.1 Å². The molecule has 18 heavy (non-hydrogen) atoms. The third-order valence-electron chi connectivity index (χ3n) is 2.59. The average molecular weight is 274 g/mol. The highest BCUT2D eigenvalue weighted by Crippen LogP contribution is 2.29. The summed E-state index contributed by atoms with van der Waals surface area (Å²) < 4.78 is 5.40. The van der Waals surface area contributed by atoms with Gasteiger partial charge in [-0.15, -0.1) is 0 Å². The minimum atomic E-state index is -0.635. The summed E-state index contributed by atoms with van der Waals surface area (Å²) in [7, 11) is 0. The second-order valence-corrected chi connectivity index (χ2v) is 4.19. The molecule has 0 saturated carbocycles. The van der Waals surface area contributed by atoms with Crippen LogP contribution in [0.15, 0.2) is 0 Å². The van der Waals surface area contributed by atoms with Gasteiger partial charge in [-0.25, -0.2) is 0 Å². The van der Waals surface area contributed by atoms with Crippen molar-refractivity contribution >= 4 is 28.9 Å². The van der Waals surface area contributed by atoms with Gasteiger partial charge in [0.2, 0.25) is 16.9 Å². The lowest BCUT2D eigenvalue weighted by atomic mass is 10.2. The van der Waals surface area contributed by atoms with E-state index in [1.807, 2.05) is 0 Å². The number of nitrogen functional groups attached to an aromatic ring is 1. The number of ether oxygens (including phenoxy) is 1. The summed E-state index contributed by atoms with van der Waals surface area (Å²) in [5.41, 5.74) is 5.09. The first-order valence-corrected chi connectivity index (χ1v) is 5.78. The van der Waals surface area contributed by atoms with Gasteiger partial charge in [0.1, 0.15) is 0 Å². The Kier molecular flexibility index (Phi) is 3.78. The zero-order valence-electron chi connectivity index (χ0n) is 9.43. The summed E-state index contributed by atoms with van der Waals surface area (Å²) in [6, 6.07) is 0. The number of nitro groups is 1. The van der Waals surface area contributed by atoms with Crippen LogP contribution >= 0.6 is 11.6 Å². The molecule has 1 aliphatic rings. The van der Waals surface area contributed by atoms with Crippen LogP contribution in [0.25, 0.3) is 0 Å². The lowest BCUT2D eigenvalue weighted by Gasteiger charge is -2.11. The minimum absolute atomic E-state index is 0.0213. The summed E-state index contributed by atoms with van der Waals surface area (Å²) >= 11 is 5.63. The molecule has 1 atom stereocenters. The fraction of sp³-hybridized carbons (Fsp3) is 0.556. The number of hydrogen-bond donors (Lipinski definition) is 2. The Balaban J connectivity index is 2.16. The van der Waals surface area contributed by atoms with Gasteiger partial charge in [0, 0.05) is 13.2 Å². The fourth-order valence-corrected chi connectivity index (χ4v) is 1.94. The van der Waals surface area contributed by atoms with Crippen molar-refractivity contribution in [3.05, 3.63) is 15.4 Å². The van der Waals surface area contributed by atoms with Crippen molar-refractivity contribution in [1.29, 1.82) is 0 Å². The number of hydrogen-bond acceptors (Lipinski definition) is 7. The van der Waals surface area contributed by atoms with Gasteiger partial charge in [-0.2, -0.15) is 9.97 Å². The Morgan fingerprint density at radius 2 is 2.39 bits per heavy atom. The first-order valence-electron chi connectivity index (χ1n) is 5.41. The van der Waals surface area contributed by atoms with E-state index in [1.54, 1.807) is 0 Å². The highest BCUT2D eigenvalue weighted by atomic mass is 35.5. The van der Waals surface area contributed by atoms with Crippen molar-refractivity contribution < 1.29 is 9.66 Å². The molecule has 98 valence electrons. The van der Waals surface area contributed by atoms with Crippen molar-refractivity contribution in [2.45, 2.75) is 18.9 Å². The number of halogens is 1. The molecule has 0 amide bonds. The largest absolute Gasteiger partial charge is 0.378 e. The SMILES string of the molecule is Nc1nc(Cl)nc(NC[C@@H]2CCCO2)c1[N+](=O)[O-]. The van der Waals surface area contributed by atoms with Crippen LogP contribution in [0.2, 0.25) is 5.28 Å². The lowest BCUT2D eigenvalue weighted by molar-refractivity contribution is -0.383. The van der Waals surface area contributed by atoms with Crippen LogP contribution in [0.4, 0.5) is 17.3 Å². The van der Waals surface area contributed by atoms with E-state index in [0.29, 0.717) is 13.2 Å². The zero-order valence-corrected chi connectivity index (χ0v) is 10.2. The van der Waals surface area contributed by atoms with E-state index in [0.717, 1.165) is 12.8 Å². The number of aromatic nitrogens is 2. The van der Waals surface area contributed by atoms with E-state index in [4.69, 9.17) is 22.1 Å². The summed E-state index contributed by atoms with van der Waals surface area (Å²) in [5, 5.41) is 13.6. The molecule has 0 bridgehead atoms. The molecule has 0 radical (unpaired) electrons. The van der Waals surface area contributed by atoms with Gasteiger partial charge >= 0.3 is 5.69 Å². The lowest BCUT2D eigenvalue weighted by Crippen LogP contribution is -2.20. The van der Waals surface area contributed by atoms with Crippen molar-refractivity contribution in [2.75, 3.05) is 24.2 Å². The number of nitrogens with one attached hydrogen (secondary N) is 1. The van der Waals surface area contributed by atoms with E-state index in [1.165, 1.54) is 0 Å². The number of nitrogens with two attached hydrogens (primary N) is 1. The molecule has 1 aliphatic heterocycles. The van der Waals surface area contributed by atoms with Gasteiger partial charge in [0.25, 0.3) is 0 Å². The van der Waals surface area contributed by atoms with Crippen molar-refractivity contribution in [3.63, 3.8) is 0 Å². The second kappa shape index (κ2) is 5.32. The molecule has 1 fully saturated rings. The molecule has 9 heteroatoms. The number of nitrogens with zero attached hydrogens (tertiary/aromatic N) is 3. The topological polar surface area (TPSA) is 116 Å². The van der Waals surface area contributed by atoms with Crippen molar-refractivity contribution in [1.82, 2.24) is 9.97 Å². The maximum absolute atomic E-state index is 10.9. The van der Waals surface area contributed by atoms with Gasteiger partial charge in [0.05, 0.1) is 11.0 Å². The first kappa shape index (κ1) is 12.8. The number of anilines is 2. The molecule has 1 aromatic rings. The molecule has 0 aromatic carbocycles. The monoisotopic (exact) mass is 273 g/mol. The van der Waals surface area contributed by atoms with Gasteiger partial charge in [0.15, 0.2) is 0 Å². The molecule has 1 aromatic heterocycles. The minimum Gasteiger partial charge on any atom is -0.378 e. The third kappa shape index (κ3) is 2.77. The van der Waals surface area contributed by atoms with Gasteiger partial charge in [-0.3, -0.25) is 10.1 Å². The summed E-state index contributed by atoms with van der Waals surface area (Å²) in [4.78, 5) is 17.6. The second-order valence-electron chi connectivity index (χ2n) is 3.85. The molecule has 1 saturated heterocycles. The zero-order chi connectivity index (χ0) is 13.1. The normalized spacial score (nSPS) is 18.8. The van der Waals surface area contributed by atoms with E-state index in [2.05, 4.69) is 15.3 Å². The molecule has 2 rings (SSSR count). The molecule has 0 spiro atoms. The first-order chi connectivity index (χ1) is 8.58. The predicted octanol–water partition coefficient (Wildman–Crippen LogP) is 1.21. The Morgan fingerprint density at radius 1 is 1.61 bits per heavy atom. The molecule has 8 nitrogen and oxygen atoms in total. The molecule has 0 unspecified atom stereocenters. The third-order valence-corrected chi connectivity index (χ3v) is 2.76. The standard InChI is InChI=1S/C9H12ClN5O3/c10-9-13-7(11)6(15(16)17)8(14-9)12-4-5-2-1-3-18-5/h5H,1-4H2,(H3,11,12,13,14)/t5-/m0/s1. The molecule has 2 heterocycles. The Morgan fingerprint density at radius 3 is 3.00 bits per heavy atom. The summed E-state index contributed by atoms with van der Waals surface area (Å²) in [6.07, 6.45) is 1.93. The van der Waals surface area contributed by atoms with E-state index >= 15 is 0 Å². The average Bonchev–Trinajstić information content (AvgIpc) is 2.77. The van der Waals surface area contributed by atoms with E-state index < -0.39 is 4.92 Å². The molecular formula is C9H12ClN5O3. The number of rotatable bonds is 4.